The van der Waals surface area contributed by atoms with Crippen molar-refractivity contribution in [3.63, 3.8) is 0 Å². The van der Waals surface area contributed by atoms with Crippen molar-refractivity contribution in [3.05, 3.63) is 35.4 Å². The van der Waals surface area contributed by atoms with Crippen LogP contribution in [0.2, 0.25) is 0 Å². The Morgan fingerprint density at radius 2 is 2.00 bits per heavy atom. The van der Waals surface area contributed by atoms with Gasteiger partial charge in [0.1, 0.15) is 0 Å². The molecule has 0 heterocycles. The van der Waals surface area contributed by atoms with E-state index in [4.69, 9.17) is 5.11 Å². The molecule has 1 N–H and O–H groups in total. The van der Waals surface area contributed by atoms with Crippen LogP contribution in [0.25, 0.3) is 0 Å². The van der Waals surface area contributed by atoms with Gasteiger partial charge < -0.3 is 5.11 Å². The molecule has 0 bridgehead atoms. The number of hydrogen-bond donors (Lipinski definition) is 1. The molecule has 0 radical (unpaired) electrons. The molecule has 1 atom stereocenters. The summed E-state index contributed by atoms with van der Waals surface area (Å²) in [5.41, 5.74) is 0.0533. The maximum absolute atomic E-state index is 12.4. The van der Waals surface area contributed by atoms with Gasteiger partial charge in [-0.25, -0.2) is 0 Å². The summed E-state index contributed by atoms with van der Waals surface area (Å²) in [6, 6.07) is 5.33. The van der Waals surface area contributed by atoms with E-state index in [9.17, 15) is 13.2 Å². The number of halogens is 3. The second-order valence-electron chi connectivity index (χ2n) is 3.94. The highest BCUT2D eigenvalue weighted by molar-refractivity contribution is 5.25. The second-order valence-corrected chi connectivity index (χ2v) is 3.94. The Hall–Kier alpha value is -1.03. The summed E-state index contributed by atoms with van der Waals surface area (Å²) in [4.78, 5) is 0. The van der Waals surface area contributed by atoms with Crippen LogP contribution >= 0.6 is 0 Å². The van der Waals surface area contributed by atoms with Crippen molar-refractivity contribution in [1.82, 2.24) is 0 Å². The van der Waals surface area contributed by atoms with Gasteiger partial charge in [-0.1, -0.05) is 18.2 Å². The third-order valence-corrected chi connectivity index (χ3v) is 2.34. The normalized spacial score (nSPS) is 13.8. The lowest BCUT2D eigenvalue weighted by molar-refractivity contribution is -0.137. The molecule has 4 heteroatoms. The zero-order valence-electron chi connectivity index (χ0n) is 9.09. The third kappa shape index (κ3) is 4.23. The van der Waals surface area contributed by atoms with Gasteiger partial charge in [-0.3, -0.25) is 0 Å². The average molecular weight is 232 g/mol. The first-order chi connectivity index (χ1) is 7.39. The summed E-state index contributed by atoms with van der Waals surface area (Å²) in [6.45, 7) is 1.67. The average Bonchev–Trinajstić information content (AvgIpc) is 2.16. The maximum atomic E-state index is 12.4. The zero-order chi connectivity index (χ0) is 12.2. The second kappa shape index (κ2) is 5.34. The van der Waals surface area contributed by atoms with E-state index in [0.29, 0.717) is 24.8 Å². The Morgan fingerprint density at radius 3 is 2.56 bits per heavy atom. The number of aliphatic hydroxyl groups is 1. The number of rotatable bonds is 4. The van der Waals surface area contributed by atoms with Crippen LogP contribution in [0.5, 0.6) is 0 Å². The van der Waals surface area contributed by atoms with Gasteiger partial charge in [0.2, 0.25) is 0 Å². The molecule has 0 amide bonds. The molecule has 90 valence electrons. The fourth-order valence-corrected chi connectivity index (χ4v) is 1.50. The van der Waals surface area contributed by atoms with Gasteiger partial charge in [0.05, 0.1) is 11.7 Å². The summed E-state index contributed by atoms with van der Waals surface area (Å²) >= 11 is 0. The molecule has 0 aliphatic heterocycles. The van der Waals surface area contributed by atoms with Gasteiger partial charge in [-0.05, 0) is 37.8 Å². The van der Waals surface area contributed by atoms with Crippen LogP contribution in [0.3, 0.4) is 0 Å². The van der Waals surface area contributed by atoms with Crippen molar-refractivity contribution in [2.24, 2.45) is 0 Å². The van der Waals surface area contributed by atoms with Gasteiger partial charge in [0, 0.05) is 0 Å². The molecule has 0 saturated heterocycles. The molecule has 1 aromatic carbocycles. The van der Waals surface area contributed by atoms with E-state index in [1.807, 2.05) is 0 Å². The highest BCUT2D eigenvalue weighted by Gasteiger charge is 2.30. The first-order valence-corrected chi connectivity index (χ1v) is 5.24. The topological polar surface area (TPSA) is 20.2 Å². The fraction of sp³-hybridized carbons (Fsp3) is 0.500. The monoisotopic (exact) mass is 232 g/mol. The molecule has 0 spiro atoms. The number of aliphatic hydroxyl groups excluding tert-OH is 1. The van der Waals surface area contributed by atoms with Crippen molar-refractivity contribution >= 4 is 0 Å². The summed E-state index contributed by atoms with van der Waals surface area (Å²) in [5.74, 6) is 0. The molecular weight excluding hydrogens is 217 g/mol. The molecule has 0 fully saturated rings. The largest absolute Gasteiger partial charge is 0.416 e. The number of aryl methyl sites for hydroxylation is 1. The van der Waals surface area contributed by atoms with E-state index in [2.05, 4.69) is 0 Å². The third-order valence-electron chi connectivity index (χ3n) is 2.34. The van der Waals surface area contributed by atoms with Crippen LogP contribution in [0.1, 0.15) is 30.9 Å². The smallest absolute Gasteiger partial charge is 0.393 e. The number of hydrogen-bond acceptors (Lipinski definition) is 1. The lowest BCUT2D eigenvalue weighted by Gasteiger charge is -2.09. The van der Waals surface area contributed by atoms with E-state index in [0.717, 1.165) is 6.07 Å². The molecule has 0 aliphatic carbocycles. The Balaban J connectivity index is 2.61. The SMILES string of the molecule is CC(O)CCCc1cccc(C(F)(F)F)c1. The predicted molar refractivity (Wildman–Crippen MR) is 56.1 cm³/mol. The minimum absolute atomic E-state index is 0.397. The van der Waals surface area contributed by atoms with Crippen LogP contribution < -0.4 is 0 Å². The van der Waals surface area contributed by atoms with Crippen molar-refractivity contribution in [1.29, 1.82) is 0 Å². The van der Waals surface area contributed by atoms with Crippen LogP contribution in [0.15, 0.2) is 24.3 Å². The van der Waals surface area contributed by atoms with E-state index >= 15 is 0 Å². The Morgan fingerprint density at radius 1 is 1.31 bits per heavy atom. The van der Waals surface area contributed by atoms with E-state index in [1.165, 1.54) is 12.1 Å². The minimum atomic E-state index is -4.28. The van der Waals surface area contributed by atoms with Gasteiger partial charge in [-0.15, -0.1) is 0 Å². The molecule has 1 rings (SSSR count). The summed E-state index contributed by atoms with van der Waals surface area (Å²) in [6.07, 6.45) is -2.81. The van der Waals surface area contributed by atoms with Crippen LogP contribution in [0.4, 0.5) is 13.2 Å². The molecule has 0 aromatic heterocycles. The Labute approximate surface area is 92.9 Å². The maximum Gasteiger partial charge on any atom is 0.416 e. The summed E-state index contributed by atoms with van der Waals surface area (Å²) < 4.78 is 37.1. The van der Waals surface area contributed by atoms with Crippen molar-refractivity contribution in [3.8, 4) is 0 Å². The van der Waals surface area contributed by atoms with E-state index in [1.54, 1.807) is 13.0 Å². The molecule has 1 nitrogen and oxygen atoms in total. The van der Waals surface area contributed by atoms with Crippen molar-refractivity contribution in [2.75, 3.05) is 0 Å². The van der Waals surface area contributed by atoms with E-state index < -0.39 is 17.8 Å². The highest BCUT2D eigenvalue weighted by atomic mass is 19.4. The van der Waals surface area contributed by atoms with Crippen molar-refractivity contribution < 1.29 is 18.3 Å². The predicted octanol–water partition coefficient (Wildman–Crippen LogP) is 3.41. The van der Waals surface area contributed by atoms with E-state index in [-0.39, 0.29) is 0 Å². The van der Waals surface area contributed by atoms with Crippen LogP contribution in [-0.4, -0.2) is 11.2 Å². The highest BCUT2D eigenvalue weighted by Crippen LogP contribution is 2.29. The molecule has 1 unspecified atom stereocenters. The van der Waals surface area contributed by atoms with Crippen LogP contribution in [-0.2, 0) is 12.6 Å². The first-order valence-electron chi connectivity index (χ1n) is 5.24. The lowest BCUT2D eigenvalue weighted by Crippen LogP contribution is -2.05. The van der Waals surface area contributed by atoms with Crippen LogP contribution in [0, 0.1) is 0 Å². The summed E-state index contributed by atoms with van der Waals surface area (Å²) in [5, 5.41) is 9.03. The van der Waals surface area contributed by atoms with Gasteiger partial charge in [-0.2, -0.15) is 13.2 Å². The molecular formula is C12H15F3O. The van der Waals surface area contributed by atoms with Gasteiger partial charge in [0.25, 0.3) is 0 Å². The standard InChI is InChI=1S/C12H15F3O/c1-9(16)4-2-5-10-6-3-7-11(8-10)12(13,14)15/h3,6-9,16H,2,4-5H2,1H3. The minimum Gasteiger partial charge on any atom is -0.393 e. The Kier molecular flexibility index (Phi) is 4.35. The zero-order valence-corrected chi connectivity index (χ0v) is 9.09. The Bertz CT molecular complexity index is 331. The lowest BCUT2D eigenvalue weighted by atomic mass is 10.0. The molecule has 1 aromatic rings. The first kappa shape index (κ1) is 13.0. The molecule has 0 saturated carbocycles. The number of benzene rings is 1. The van der Waals surface area contributed by atoms with Crippen molar-refractivity contribution in [2.45, 2.75) is 38.5 Å². The number of alkyl halides is 3. The van der Waals surface area contributed by atoms with Gasteiger partial charge in [0.15, 0.2) is 0 Å². The quantitative estimate of drug-likeness (QED) is 0.843. The van der Waals surface area contributed by atoms with Gasteiger partial charge >= 0.3 is 6.18 Å². The molecule has 16 heavy (non-hydrogen) atoms. The molecule has 0 aliphatic rings. The fourth-order valence-electron chi connectivity index (χ4n) is 1.50. The summed E-state index contributed by atoms with van der Waals surface area (Å²) in [7, 11) is 0.